The van der Waals surface area contributed by atoms with Crippen molar-refractivity contribution in [3.63, 3.8) is 0 Å². The molecule has 0 fully saturated rings. The normalized spacial score (nSPS) is 11.4. The number of Topliss-reactive ketones (excluding diaryl/α,β-unsaturated/α-hetero) is 1. The highest BCUT2D eigenvalue weighted by atomic mass is 16.3. The fourth-order valence-electron chi connectivity index (χ4n) is 2.54. The van der Waals surface area contributed by atoms with E-state index < -0.39 is 30.2 Å². The van der Waals surface area contributed by atoms with Crippen molar-refractivity contribution in [2.75, 3.05) is 32.1 Å². The van der Waals surface area contributed by atoms with Gasteiger partial charge in [0.05, 0.1) is 6.61 Å². The summed E-state index contributed by atoms with van der Waals surface area (Å²) in [4.78, 5) is 35.7. The molecule has 2 rings (SSSR count). The summed E-state index contributed by atoms with van der Waals surface area (Å²) in [5.41, 5.74) is 3.01. The molecule has 148 valence electrons. The average molecular weight is 385 g/mol. The van der Waals surface area contributed by atoms with E-state index in [1.807, 2.05) is 24.3 Å². The highest BCUT2D eigenvalue weighted by Crippen LogP contribution is 2.22. The number of rotatable bonds is 9. The van der Waals surface area contributed by atoms with Gasteiger partial charge in [-0.2, -0.15) is 0 Å². The van der Waals surface area contributed by atoms with Crippen LogP contribution in [0.2, 0.25) is 0 Å². The number of benzene rings is 2. The average Bonchev–Trinajstić information content (AvgIpc) is 2.75. The summed E-state index contributed by atoms with van der Waals surface area (Å²) in [7, 11) is 1.34. The number of anilines is 1. The second-order valence-electron chi connectivity index (χ2n) is 5.95. The largest absolute Gasteiger partial charge is 0.395 e. The van der Waals surface area contributed by atoms with Crippen LogP contribution in [0.25, 0.3) is 11.1 Å². The number of likely N-dealkylation sites (N-methyl/N-ethyl adjacent to an activating group) is 1. The van der Waals surface area contributed by atoms with Crippen LogP contribution in [0.15, 0.2) is 48.5 Å². The number of hydrogen-bond acceptors (Lipinski definition) is 6. The van der Waals surface area contributed by atoms with Crippen LogP contribution < -0.4 is 16.0 Å². The predicted molar refractivity (Wildman–Crippen MR) is 105 cm³/mol. The fraction of sp³-hybridized carbons (Fsp3) is 0.250. The molecule has 0 heterocycles. The highest BCUT2D eigenvalue weighted by molar-refractivity contribution is 6.10. The van der Waals surface area contributed by atoms with Crippen LogP contribution in [-0.2, 0) is 9.59 Å². The highest BCUT2D eigenvalue weighted by Gasteiger charge is 2.27. The maximum atomic E-state index is 12.3. The quantitative estimate of drug-likeness (QED) is 0.391. The van der Waals surface area contributed by atoms with Gasteiger partial charge in [-0.1, -0.05) is 24.3 Å². The number of aliphatic hydroxyl groups excluding tert-OH is 2. The Morgan fingerprint density at radius 2 is 1.50 bits per heavy atom. The molecule has 0 bridgehead atoms. The van der Waals surface area contributed by atoms with Crippen LogP contribution in [0, 0.1) is 0 Å². The molecule has 1 atom stereocenters. The Balaban J connectivity index is 2.09. The van der Waals surface area contributed by atoms with Crippen LogP contribution >= 0.6 is 0 Å². The van der Waals surface area contributed by atoms with Crippen LogP contribution in [0.3, 0.4) is 0 Å². The second-order valence-corrected chi connectivity index (χ2v) is 5.95. The third-order valence-corrected chi connectivity index (χ3v) is 4.07. The molecule has 8 heteroatoms. The lowest BCUT2D eigenvalue weighted by Crippen LogP contribution is -2.51. The zero-order chi connectivity index (χ0) is 20.5. The van der Waals surface area contributed by atoms with E-state index >= 15 is 0 Å². The van der Waals surface area contributed by atoms with Crippen LogP contribution in [0.1, 0.15) is 10.4 Å². The predicted octanol–water partition coefficient (Wildman–Crippen LogP) is 0.164. The van der Waals surface area contributed by atoms with E-state index in [0.29, 0.717) is 6.54 Å². The molecule has 2 aromatic carbocycles. The Kier molecular flexibility index (Phi) is 7.67. The second kappa shape index (κ2) is 10.2. The standard InChI is InChI=1S/C20H23N3O5/c1-21-20(28)18(17(26)12-25)23-19(27)15-4-2-13(3-5-15)14-6-8-16(9-7-14)22-10-11-24/h2-9,18,22,24-25H,10-12H2,1H3,(H,21,28)(H,23,27). The summed E-state index contributed by atoms with van der Waals surface area (Å²) in [6.45, 7) is -0.324. The van der Waals surface area contributed by atoms with Crippen molar-refractivity contribution >= 4 is 23.3 Å². The molecule has 0 radical (unpaired) electrons. The van der Waals surface area contributed by atoms with Gasteiger partial charge in [-0.3, -0.25) is 14.4 Å². The molecule has 8 nitrogen and oxygen atoms in total. The van der Waals surface area contributed by atoms with Crippen molar-refractivity contribution in [1.82, 2.24) is 10.6 Å². The van der Waals surface area contributed by atoms with E-state index in [9.17, 15) is 14.4 Å². The molecule has 0 aromatic heterocycles. The SMILES string of the molecule is CNC(=O)C(NC(=O)c1ccc(-c2ccc(NCCO)cc2)cc1)C(=O)CO. The topological polar surface area (TPSA) is 128 Å². The Bertz CT molecular complexity index is 803. The Morgan fingerprint density at radius 1 is 0.929 bits per heavy atom. The van der Waals surface area contributed by atoms with Gasteiger partial charge >= 0.3 is 0 Å². The number of amides is 2. The van der Waals surface area contributed by atoms with E-state index in [-0.39, 0.29) is 12.2 Å². The minimum atomic E-state index is -1.44. The van der Waals surface area contributed by atoms with Gasteiger partial charge < -0.3 is 26.2 Å². The third kappa shape index (κ3) is 5.38. The van der Waals surface area contributed by atoms with E-state index in [1.165, 1.54) is 7.05 Å². The van der Waals surface area contributed by atoms with Crippen molar-refractivity contribution in [2.24, 2.45) is 0 Å². The van der Waals surface area contributed by atoms with Gasteiger partial charge in [-0.15, -0.1) is 0 Å². The summed E-state index contributed by atoms with van der Waals surface area (Å²) in [6, 6.07) is 12.9. The van der Waals surface area contributed by atoms with E-state index in [4.69, 9.17) is 10.2 Å². The molecule has 0 saturated carbocycles. The summed E-state index contributed by atoms with van der Waals surface area (Å²) in [6.07, 6.45) is 0. The lowest BCUT2D eigenvalue weighted by Gasteiger charge is -2.15. The first-order chi connectivity index (χ1) is 13.5. The number of aliphatic hydroxyl groups is 2. The van der Waals surface area contributed by atoms with E-state index in [0.717, 1.165) is 16.8 Å². The maximum Gasteiger partial charge on any atom is 0.252 e. The first kappa shape index (κ1) is 21.1. The molecule has 1 unspecified atom stereocenters. The van der Waals surface area contributed by atoms with Crippen molar-refractivity contribution in [2.45, 2.75) is 6.04 Å². The van der Waals surface area contributed by atoms with Crippen molar-refractivity contribution < 1.29 is 24.6 Å². The van der Waals surface area contributed by atoms with Gasteiger partial charge in [0.1, 0.15) is 6.61 Å². The van der Waals surface area contributed by atoms with Crippen LogP contribution in [0.4, 0.5) is 5.69 Å². The zero-order valence-corrected chi connectivity index (χ0v) is 15.4. The maximum absolute atomic E-state index is 12.3. The minimum absolute atomic E-state index is 0.0515. The molecular weight excluding hydrogens is 362 g/mol. The van der Waals surface area contributed by atoms with E-state index in [1.54, 1.807) is 24.3 Å². The molecule has 0 aliphatic carbocycles. The molecular formula is C20H23N3O5. The van der Waals surface area contributed by atoms with Crippen molar-refractivity contribution in [3.05, 3.63) is 54.1 Å². The van der Waals surface area contributed by atoms with Gasteiger partial charge in [-0.05, 0) is 35.4 Å². The summed E-state index contributed by atoms with van der Waals surface area (Å²) in [5, 5.41) is 25.5. The lowest BCUT2D eigenvalue weighted by molar-refractivity contribution is -0.132. The third-order valence-electron chi connectivity index (χ3n) is 4.07. The molecule has 0 saturated heterocycles. The Morgan fingerprint density at radius 3 is 2.00 bits per heavy atom. The van der Waals surface area contributed by atoms with Crippen molar-refractivity contribution in [1.29, 1.82) is 0 Å². The van der Waals surface area contributed by atoms with Gasteiger partial charge in [0.15, 0.2) is 11.8 Å². The number of nitrogens with one attached hydrogen (secondary N) is 3. The number of ketones is 1. The van der Waals surface area contributed by atoms with E-state index in [2.05, 4.69) is 16.0 Å². The minimum Gasteiger partial charge on any atom is -0.395 e. The molecule has 5 N–H and O–H groups in total. The fourth-order valence-corrected chi connectivity index (χ4v) is 2.54. The molecule has 0 aliphatic rings. The summed E-state index contributed by atoms with van der Waals surface area (Å²) in [5.74, 6) is -2.08. The summed E-state index contributed by atoms with van der Waals surface area (Å²) < 4.78 is 0. The van der Waals surface area contributed by atoms with Crippen LogP contribution in [-0.4, -0.2) is 60.7 Å². The number of carbonyl (C=O) groups is 3. The zero-order valence-electron chi connectivity index (χ0n) is 15.4. The Labute approximate surface area is 162 Å². The van der Waals surface area contributed by atoms with Gasteiger partial charge in [0, 0.05) is 24.8 Å². The molecule has 2 aromatic rings. The van der Waals surface area contributed by atoms with Crippen molar-refractivity contribution in [3.8, 4) is 11.1 Å². The lowest BCUT2D eigenvalue weighted by atomic mass is 10.0. The monoisotopic (exact) mass is 385 g/mol. The first-order valence-corrected chi connectivity index (χ1v) is 8.71. The number of hydrogen-bond donors (Lipinski definition) is 5. The molecule has 0 spiro atoms. The smallest absolute Gasteiger partial charge is 0.252 e. The van der Waals surface area contributed by atoms with Gasteiger partial charge in [0.25, 0.3) is 5.91 Å². The number of carbonyl (C=O) groups excluding carboxylic acids is 3. The first-order valence-electron chi connectivity index (χ1n) is 8.71. The molecule has 28 heavy (non-hydrogen) atoms. The van der Waals surface area contributed by atoms with Gasteiger partial charge in [0.2, 0.25) is 5.91 Å². The van der Waals surface area contributed by atoms with Gasteiger partial charge in [-0.25, -0.2) is 0 Å². The Hall–Kier alpha value is -3.23. The van der Waals surface area contributed by atoms with Crippen LogP contribution in [0.5, 0.6) is 0 Å². The molecule has 2 amide bonds. The summed E-state index contributed by atoms with van der Waals surface area (Å²) >= 11 is 0. The molecule has 0 aliphatic heterocycles.